The Bertz CT molecular complexity index is 496. The molecule has 1 amide bonds. The van der Waals surface area contributed by atoms with Gasteiger partial charge in [-0.15, -0.1) is 0 Å². The number of carbonyl (C=O) groups is 1. The first-order chi connectivity index (χ1) is 9.09. The number of nitro groups is 1. The molecule has 0 spiro atoms. The summed E-state index contributed by atoms with van der Waals surface area (Å²) < 4.78 is 0. The maximum absolute atomic E-state index is 12.1. The Kier molecular flexibility index (Phi) is 4.11. The fourth-order valence-electron chi connectivity index (χ4n) is 2.25. The van der Waals surface area contributed by atoms with E-state index in [1.807, 2.05) is 0 Å². The van der Waals surface area contributed by atoms with Crippen molar-refractivity contribution in [2.45, 2.75) is 32.2 Å². The number of rotatable bonds is 3. The van der Waals surface area contributed by atoms with Crippen molar-refractivity contribution in [2.75, 3.05) is 11.9 Å². The molecule has 0 bridgehead atoms. The summed E-state index contributed by atoms with van der Waals surface area (Å²) >= 11 is 0. The third kappa shape index (κ3) is 3.08. The van der Waals surface area contributed by atoms with Crippen LogP contribution in [0.25, 0.3) is 0 Å². The van der Waals surface area contributed by atoms with E-state index in [0.29, 0.717) is 11.3 Å². The Labute approximate surface area is 111 Å². The lowest BCUT2D eigenvalue weighted by molar-refractivity contribution is -0.385. The molecule has 102 valence electrons. The van der Waals surface area contributed by atoms with Crippen molar-refractivity contribution < 1.29 is 9.72 Å². The van der Waals surface area contributed by atoms with Crippen molar-refractivity contribution in [2.24, 2.45) is 0 Å². The van der Waals surface area contributed by atoms with Crippen molar-refractivity contribution >= 4 is 17.3 Å². The quantitative estimate of drug-likeness (QED) is 0.645. The summed E-state index contributed by atoms with van der Waals surface area (Å²) in [6, 6.07) is 4.49. The molecule has 2 N–H and O–H groups in total. The second kappa shape index (κ2) is 5.79. The Balaban J connectivity index is 2.12. The van der Waals surface area contributed by atoms with Crippen LogP contribution < -0.4 is 10.6 Å². The van der Waals surface area contributed by atoms with Gasteiger partial charge in [0.05, 0.1) is 22.2 Å². The lowest BCUT2D eigenvalue weighted by Gasteiger charge is -2.22. The second-order valence-electron chi connectivity index (χ2n) is 4.70. The van der Waals surface area contributed by atoms with Crippen LogP contribution in [0.1, 0.15) is 24.8 Å². The Morgan fingerprint density at radius 3 is 2.89 bits per heavy atom. The van der Waals surface area contributed by atoms with Gasteiger partial charge in [-0.3, -0.25) is 14.9 Å². The van der Waals surface area contributed by atoms with Crippen LogP contribution in [0.4, 0.5) is 11.4 Å². The highest BCUT2D eigenvalue weighted by Crippen LogP contribution is 2.25. The van der Waals surface area contributed by atoms with Crippen LogP contribution in [0.3, 0.4) is 0 Å². The molecule has 1 saturated heterocycles. The molecule has 1 aliphatic rings. The molecule has 1 aliphatic heterocycles. The summed E-state index contributed by atoms with van der Waals surface area (Å²) in [7, 11) is 0. The smallest absolute Gasteiger partial charge is 0.274 e. The molecule has 0 saturated carbocycles. The number of anilines is 1. The molecule has 6 nitrogen and oxygen atoms in total. The van der Waals surface area contributed by atoms with E-state index in [1.165, 1.54) is 6.07 Å². The Morgan fingerprint density at radius 2 is 2.26 bits per heavy atom. The summed E-state index contributed by atoms with van der Waals surface area (Å²) in [6.07, 6.45) is 2.92. The van der Waals surface area contributed by atoms with Gasteiger partial charge < -0.3 is 10.6 Å². The molecule has 0 radical (unpaired) electrons. The van der Waals surface area contributed by atoms with Gasteiger partial charge in [-0.05, 0) is 32.4 Å². The number of benzene rings is 1. The van der Waals surface area contributed by atoms with Crippen LogP contribution in [0.5, 0.6) is 0 Å². The molecule has 1 fully saturated rings. The van der Waals surface area contributed by atoms with E-state index in [9.17, 15) is 14.9 Å². The van der Waals surface area contributed by atoms with Gasteiger partial charge >= 0.3 is 0 Å². The van der Waals surface area contributed by atoms with E-state index in [4.69, 9.17) is 0 Å². The number of nitrogens with zero attached hydrogens (tertiary/aromatic N) is 1. The topological polar surface area (TPSA) is 84.3 Å². The summed E-state index contributed by atoms with van der Waals surface area (Å²) in [6.45, 7) is 2.48. The highest BCUT2D eigenvalue weighted by atomic mass is 16.6. The molecule has 2 rings (SSSR count). The van der Waals surface area contributed by atoms with E-state index >= 15 is 0 Å². The minimum Gasteiger partial charge on any atom is -0.324 e. The number of carbonyl (C=O) groups excluding carboxylic acids is 1. The summed E-state index contributed by atoms with van der Waals surface area (Å²) in [4.78, 5) is 22.5. The van der Waals surface area contributed by atoms with Gasteiger partial charge in [0.1, 0.15) is 0 Å². The molecule has 0 aliphatic carbocycles. The second-order valence-corrected chi connectivity index (χ2v) is 4.70. The fourth-order valence-corrected chi connectivity index (χ4v) is 2.25. The third-order valence-corrected chi connectivity index (χ3v) is 3.39. The zero-order valence-electron chi connectivity index (χ0n) is 10.8. The number of nitrogens with one attached hydrogen (secondary N) is 2. The first-order valence-electron chi connectivity index (χ1n) is 6.38. The minimum atomic E-state index is -0.441. The molecular weight excluding hydrogens is 246 g/mol. The molecule has 19 heavy (non-hydrogen) atoms. The minimum absolute atomic E-state index is 0.0226. The predicted octanol–water partition coefficient (Wildman–Crippen LogP) is 1.98. The summed E-state index contributed by atoms with van der Waals surface area (Å²) in [5.74, 6) is -0.122. The molecule has 1 aromatic carbocycles. The lowest BCUT2D eigenvalue weighted by atomic mass is 10.0. The number of hydrogen-bond acceptors (Lipinski definition) is 4. The maximum atomic E-state index is 12.1. The molecule has 1 aromatic rings. The average molecular weight is 263 g/mol. The standard InChI is InChI=1S/C13H17N3O3/c1-9-10(6-4-7-12(9)16(18)19)15-13(17)11-5-2-3-8-14-11/h4,6-7,11,14H,2-3,5,8H2,1H3,(H,15,17)/t11-/m0/s1. The van der Waals surface area contributed by atoms with E-state index in [2.05, 4.69) is 10.6 Å². The summed E-state index contributed by atoms with van der Waals surface area (Å²) in [5, 5.41) is 16.8. The predicted molar refractivity (Wildman–Crippen MR) is 72.1 cm³/mol. The number of amides is 1. The molecular formula is C13H17N3O3. The highest BCUT2D eigenvalue weighted by molar-refractivity contribution is 5.96. The van der Waals surface area contributed by atoms with Crippen LogP contribution in [-0.4, -0.2) is 23.4 Å². The van der Waals surface area contributed by atoms with Gasteiger partial charge in [0.15, 0.2) is 0 Å². The Hall–Kier alpha value is -1.95. The number of nitro benzene ring substituents is 1. The van der Waals surface area contributed by atoms with Gasteiger partial charge in [0.25, 0.3) is 5.69 Å². The monoisotopic (exact) mass is 263 g/mol. The van der Waals surface area contributed by atoms with Crippen molar-refractivity contribution in [1.82, 2.24) is 5.32 Å². The van der Waals surface area contributed by atoms with Crippen LogP contribution >= 0.6 is 0 Å². The van der Waals surface area contributed by atoms with Crippen LogP contribution in [-0.2, 0) is 4.79 Å². The van der Waals surface area contributed by atoms with Crippen LogP contribution in [0.2, 0.25) is 0 Å². The highest BCUT2D eigenvalue weighted by Gasteiger charge is 2.22. The van der Waals surface area contributed by atoms with Gasteiger partial charge in [-0.1, -0.05) is 12.5 Å². The first kappa shape index (κ1) is 13.5. The van der Waals surface area contributed by atoms with Gasteiger partial charge in [0.2, 0.25) is 5.91 Å². The van der Waals surface area contributed by atoms with Crippen LogP contribution in [0.15, 0.2) is 18.2 Å². The average Bonchev–Trinajstić information content (AvgIpc) is 2.41. The molecule has 1 heterocycles. The third-order valence-electron chi connectivity index (χ3n) is 3.39. The van der Waals surface area contributed by atoms with E-state index in [1.54, 1.807) is 19.1 Å². The number of piperidine rings is 1. The van der Waals surface area contributed by atoms with Crippen molar-refractivity contribution in [3.63, 3.8) is 0 Å². The van der Waals surface area contributed by atoms with Gasteiger partial charge in [0, 0.05) is 6.07 Å². The van der Waals surface area contributed by atoms with E-state index < -0.39 is 4.92 Å². The van der Waals surface area contributed by atoms with Crippen LogP contribution in [0, 0.1) is 17.0 Å². The molecule has 1 atom stereocenters. The molecule has 6 heteroatoms. The van der Waals surface area contributed by atoms with E-state index in [0.717, 1.165) is 25.8 Å². The largest absolute Gasteiger partial charge is 0.324 e. The van der Waals surface area contributed by atoms with Gasteiger partial charge in [-0.2, -0.15) is 0 Å². The van der Waals surface area contributed by atoms with E-state index in [-0.39, 0.29) is 17.6 Å². The maximum Gasteiger partial charge on any atom is 0.274 e. The summed E-state index contributed by atoms with van der Waals surface area (Å²) in [5.41, 5.74) is 1.01. The molecule has 0 aromatic heterocycles. The first-order valence-corrected chi connectivity index (χ1v) is 6.38. The Morgan fingerprint density at radius 1 is 1.47 bits per heavy atom. The molecule has 0 unspecified atom stereocenters. The SMILES string of the molecule is Cc1c(NC(=O)[C@@H]2CCCCN2)cccc1[N+](=O)[O-]. The lowest BCUT2D eigenvalue weighted by Crippen LogP contribution is -2.43. The zero-order chi connectivity index (χ0) is 13.8. The van der Waals surface area contributed by atoms with Crippen molar-refractivity contribution in [3.05, 3.63) is 33.9 Å². The van der Waals surface area contributed by atoms with Crippen molar-refractivity contribution in [3.8, 4) is 0 Å². The van der Waals surface area contributed by atoms with Gasteiger partial charge in [-0.25, -0.2) is 0 Å². The fraction of sp³-hybridized carbons (Fsp3) is 0.462. The zero-order valence-corrected chi connectivity index (χ0v) is 10.8. The van der Waals surface area contributed by atoms with Crippen molar-refractivity contribution in [1.29, 1.82) is 0 Å². The normalized spacial score (nSPS) is 18.9. The number of hydrogen-bond donors (Lipinski definition) is 2.